The van der Waals surface area contributed by atoms with Crippen LogP contribution in [0.4, 0.5) is 0 Å². The molecule has 0 aliphatic heterocycles. The lowest BCUT2D eigenvalue weighted by molar-refractivity contribution is 0.0977. The second-order valence-corrected chi connectivity index (χ2v) is 8.80. The van der Waals surface area contributed by atoms with Crippen LogP contribution in [-0.4, -0.2) is 10.4 Å². The number of Topliss-reactive ketones (excluding diaryl/α,β-unsaturated/α-hetero) is 1. The van der Waals surface area contributed by atoms with Crippen molar-refractivity contribution < 1.29 is 4.79 Å². The summed E-state index contributed by atoms with van der Waals surface area (Å²) < 4.78 is 2.03. The maximum absolute atomic E-state index is 12.7. The first-order valence-corrected chi connectivity index (χ1v) is 12.8. The van der Waals surface area contributed by atoms with Crippen LogP contribution in [0.1, 0.15) is 145 Å². The number of aryl methyl sites for hydroxylation is 2. The summed E-state index contributed by atoms with van der Waals surface area (Å²) >= 11 is 0. The topological polar surface area (TPSA) is 22.0 Å². The smallest absolute Gasteiger partial charge is 0.164 e. The van der Waals surface area contributed by atoms with Crippen molar-refractivity contribution in [1.29, 1.82) is 0 Å². The average molecular weight is 403 g/mol. The minimum atomic E-state index is 0.338. The predicted molar refractivity (Wildman–Crippen MR) is 127 cm³/mol. The SMILES string of the molecule is CCCCCCCCCCCCCCCCCC(=O)c1c(CC)[c]n(C)c1CC. The largest absolute Gasteiger partial charge is 0.346 e. The van der Waals surface area contributed by atoms with Gasteiger partial charge in [-0.2, -0.15) is 0 Å². The van der Waals surface area contributed by atoms with Gasteiger partial charge in [-0.15, -0.1) is 0 Å². The van der Waals surface area contributed by atoms with Crippen molar-refractivity contribution in [2.45, 2.75) is 136 Å². The molecule has 1 aromatic rings. The maximum atomic E-state index is 12.7. The van der Waals surface area contributed by atoms with Crippen molar-refractivity contribution in [3.8, 4) is 0 Å². The molecular formula is C27H48NO. The molecule has 1 radical (unpaired) electrons. The van der Waals surface area contributed by atoms with Gasteiger partial charge in [-0.25, -0.2) is 0 Å². The van der Waals surface area contributed by atoms with E-state index in [4.69, 9.17) is 0 Å². The molecule has 1 rings (SSSR count). The predicted octanol–water partition coefficient (Wildman–Crippen LogP) is 8.39. The molecule has 0 aliphatic carbocycles. The minimum absolute atomic E-state index is 0.338. The van der Waals surface area contributed by atoms with Gasteiger partial charge in [-0.3, -0.25) is 4.79 Å². The fraction of sp³-hybridized carbons (Fsp3) is 0.815. The van der Waals surface area contributed by atoms with Gasteiger partial charge in [0.25, 0.3) is 0 Å². The monoisotopic (exact) mass is 402 g/mol. The Morgan fingerprint density at radius 1 is 0.690 bits per heavy atom. The highest BCUT2D eigenvalue weighted by molar-refractivity contribution is 5.98. The first-order chi connectivity index (χ1) is 14.2. The number of unbranched alkanes of at least 4 members (excludes halogenated alkanes) is 14. The fourth-order valence-corrected chi connectivity index (χ4v) is 4.45. The number of carbonyl (C=O) groups is 1. The molecule has 2 nitrogen and oxygen atoms in total. The number of aromatic nitrogens is 1. The van der Waals surface area contributed by atoms with Crippen LogP contribution in [-0.2, 0) is 19.9 Å². The molecular weight excluding hydrogens is 354 g/mol. The van der Waals surface area contributed by atoms with E-state index in [9.17, 15) is 4.79 Å². The Morgan fingerprint density at radius 2 is 1.14 bits per heavy atom. The van der Waals surface area contributed by atoms with Gasteiger partial charge in [0.15, 0.2) is 5.78 Å². The molecule has 167 valence electrons. The van der Waals surface area contributed by atoms with Gasteiger partial charge >= 0.3 is 0 Å². The Labute approximate surface area is 181 Å². The summed E-state index contributed by atoms with van der Waals surface area (Å²) in [4.78, 5) is 12.7. The molecule has 0 fully saturated rings. The molecule has 0 amide bonds. The molecule has 0 bridgehead atoms. The van der Waals surface area contributed by atoms with Gasteiger partial charge in [-0.05, 0) is 24.8 Å². The third-order valence-corrected chi connectivity index (χ3v) is 6.27. The normalized spacial score (nSPS) is 11.3. The third-order valence-electron chi connectivity index (χ3n) is 6.27. The summed E-state index contributed by atoms with van der Waals surface area (Å²) in [5.41, 5.74) is 3.24. The molecule has 29 heavy (non-hydrogen) atoms. The first-order valence-electron chi connectivity index (χ1n) is 12.8. The van der Waals surface area contributed by atoms with E-state index in [-0.39, 0.29) is 0 Å². The molecule has 0 spiro atoms. The highest BCUT2D eigenvalue weighted by Crippen LogP contribution is 2.21. The Morgan fingerprint density at radius 3 is 1.55 bits per heavy atom. The Hall–Kier alpha value is -1.05. The second-order valence-electron chi connectivity index (χ2n) is 8.80. The van der Waals surface area contributed by atoms with Gasteiger partial charge in [0.05, 0.1) is 6.20 Å². The molecule has 0 saturated carbocycles. The lowest BCUT2D eigenvalue weighted by Gasteiger charge is -2.06. The van der Waals surface area contributed by atoms with Crippen molar-refractivity contribution >= 4 is 5.78 Å². The highest BCUT2D eigenvalue weighted by atomic mass is 16.1. The van der Waals surface area contributed by atoms with Crippen LogP contribution in [0.2, 0.25) is 0 Å². The molecule has 1 aromatic heterocycles. The molecule has 0 aliphatic rings. The lowest BCUT2D eigenvalue weighted by atomic mass is 9.98. The summed E-state index contributed by atoms with van der Waals surface area (Å²) in [7, 11) is 2.02. The van der Waals surface area contributed by atoms with E-state index in [1.807, 2.05) is 11.6 Å². The molecule has 1 heterocycles. The van der Waals surface area contributed by atoms with E-state index < -0.39 is 0 Å². The Kier molecular flexibility index (Phi) is 15.0. The van der Waals surface area contributed by atoms with Crippen molar-refractivity contribution in [2.24, 2.45) is 7.05 Å². The fourth-order valence-electron chi connectivity index (χ4n) is 4.45. The quantitative estimate of drug-likeness (QED) is 0.168. The van der Waals surface area contributed by atoms with Crippen LogP contribution in [0.25, 0.3) is 0 Å². The molecule has 0 N–H and O–H groups in total. The van der Waals surface area contributed by atoms with E-state index in [1.165, 1.54) is 89.9 Å². The van der Waals surface area contributed by atoms with Crippen molar-refractivity contribution in [1.82, 2.24) is 4.57 Å². The standard InChI is InChI=1S/C27H48NO/c1-5-8-9-10-11-12-13-14-15-16-17-18-19-20-21-22-26(29)27-24(6-2)23-28(4)25(27)7-3/h5-22H2,1-4H3. The number of hydrogen-bond acceptors (Lipinski definition) is 1. The molecule has 2 heteroatoms. The molecule has 0 aromatic carbocycles. The van der Waals surface area contributed by atoms with E-state index in [0.29, 0.717) is 12.2 Å². The van der Waals surface area contributed by atoms with Crippen LogP contribution in [0.5, 0.6) is 0 Å². The second kappa shape index (κ2) is 16.7. The Balaban J connectivity index is 2.01. The molecule has 0 atom stereocenters. The molecule has 0 saturated heterocycles. The zero-order valence-corrected chi connectivity index (χ0v) is 20.1. The van der Waals surface area contributed by atoms with Crippen LogP contribution >= 0.6 is 0 Å². The van der Waals surface area contributed by atoms with Gasteiger partial charge in [0.1, 0.15) is 0 Å². The van der Waals surface area contributed by atoms with Gasteiger partial charge in [0.2, 0.25) is 0 Å². The van der Waals surface area contributed by atoms with E-state index in [1.54, 1.807) is 0 Å². The summed E-state index contributed by atoms with van der Waals surface area (Å²) in [5, 5.41) is 0. The van der Waals surface area contributed by atoms with Crippen LogP contribution in [0, 0.1) is 6.20 Å². The summed E-state index contributed by atoms with van der Waals surface area (Å²) in [6, 6.07) is 0. The lowest BCUT2D eigenvalue weighted by Crippen LogP contribution is -2.06. The van der Waals surface area contributed by atoms with Crippen molar-refractivity contribution in [3.63, 3.8) is 0 Å². The number of rotatable bonds is 19. The van der Waals surface area contributed by atoms with E-state index in [2.05, 4.69) is 27.0 Å². The van der Waals surface area contributed by atoms with Gasteiger partial charge in [0, 0.05) is 24.7 Å². The van der Waals surface area contributed by atoms with Gasteiger partial charge < -0.3 is 4.57 Å². The summed E-state index contributed by atoms with van der Waals surface area (Å²) in [6.45, 7) is 6.54. The van der Waals surface area contributed by atoms with Crippen molar-refractivity contribution in [3.05, 3.63) is 23.0 Å². The summed E-state index contributed by atoms with van der Waals surface area (Å²) in [5.74, 6) is 0.338. The van der Waals surface area contributed by atoms with Crippen molar-refractivity contribution in [2.75, 3.05) is 0 Å². The minimum Gasteiger partial charge on any atom is -0.346 e. The van der Waals surface area contributed by atoms with E-state index in [0.717, 1.165) is 36.1 Å². The zero-order chi connectivity index (χ0) is 21.3. The number of carbonyl (C=O) groups excluding carboxylic acids is 1. The number of ketones is 1. The van der Waals surface area contributed by atoms with Crippen LogP contribution in [0.15, 0.2) is 0 Å². The average Bonchev–Trinajstić information content (AvgIpc) is 3.06. The van der Waals surface area contributed by atoms with Crippen LogP contribution in [0.3, 0.4) is 0 Å². The molecule has 0 unspecified atom stereocenters. The van der Waals surface area contributed by atoms with E-state index >= 15 is 0 Å². The third kappa shape index (κ3) is 10.5. The summed E-state index contributed by atoms with van der Waals surface area (Å²) in [6.07, 6.45) is 26.3. The van der Waals surface area contributed by atoms with Gasteiger partial charge in [-0.1, -0.05) is 111 Å². The van der Waals surface area contributed by atoms with Crippen LogP contribution < -0.4 is 0 Å². The number of hydrogen-bond donors (Lipinski definition) is 0. The highest BCUT2D eigenvalue weighted by Gasteiger charge is 2.18. The maximum Gasteiger partial charge on any atom is 0.164 e. The zero-order valence-electron chi connectivity index (χ0n) is 20.1. The first kappa shape index (κ1) is 26.0. The Bertz CT molecular complexity index is 543. The number of nitrogens with zero attached hydrogens (tertiary/aromatic N) is 1.